The van der Waals surface area contributed by atoms with Crippen molar-refractivity contribution in [2.24, 2.45) is 5.92 Å². The van der Waals surface area contributed by atoms with E-state index in [2.05, 4.69) is 11.9 Å². The average Bonchev–Trinajstić information content (AvgIpc) is 2.98. The van der Waals surface area contributed by atoms with Crippen LogP contribution in [0.25, 0.3) is 0 Å². The second-order valence-electron chi connectivity index (χ2n) is 5.08. The molecule has 0 aliphatic heterocycles. The normalized spacial score (nSPS) is 33.6. The van der Waals surface area contributed by atoms with E-state index in [1.165, 1.54) is 51.5 Å². The lowest BCUT2D eigenvalue weighted by Gasteiger charge is -2.34. The lowest BCUT2D eigenvalue weighted by molar-refractivity contribution is 0.191. The summed E-state index contributed by atoms with van der Waals surface area (Å²) in [5, 5.41) is 0.410. The van der Waals surface area contributed by atoms with E-state index in [9.17, 15) is 0 Å². The number of rotatable bonds is 4. The first-order valence-electron chi connectivity index (χ1n) is 6.11. The van der Waals surface area contributed by atoms with E-state index in [0.29, 0.717) is 11.4 Å². The molecule has 2 aliphatic carbocycles. The first kappa shape index (κ1) is 10.8. The zero-order valence-corrected chi connectivity index (χ0v) is 9.97. The van der Waals surface area contributed by atoms with E-state index in [4.69, 9.17) is 11.6 Å². The van der Waals surface area contributed by atoms with Gasteiger partial charge in [0, 0.05) is 11.4 Å². The Kier molecular flexibility index (Phi) is 3.73. The van der Waals surface area contributed by atoms with Gasteiger partial charge in [-0.25, -0.2) is 0 Å². The topological polar surface area (TPSA) is 3.24 Å². The van der Waals surface area contributed by atoms with Crippen LogP contribution in [0.3, 0.4) is 0 Å². The Hall–Kier alpha value is 0.250. The maximum Gasteiger partial charge on any atom is 0.0491 e. The van der Waals surface area contributed by atoms with Crippen LogP contribution in [0.15, 0.2) is 0 Å². The van der Waals surface area contributed by atoms with Crippen molar-refractivity contribution < 1.29 is 0 Å². The molecule has 14 heavy (non-hydrogen) atoms. The van der Waals surface area contributed by atoms with Gasteiger partial charge in [0.15, 0.2) is 0 Å². The molecule has 2 fully saturated rings. The molecule has 0 heterocycles. The van der Waals surface area contributed by atoms with Gasteiger partial charge >= 0.3 is 0 Å². The van der Waals surface area contributed by atoms with Crippen molar-refractivity contribution in [2.45, 2.75) is 56.4 Å². The number of nitrogens with zero attached hydrogens (tertiary/aromatic N) is 1. The molecule has 2 heteroatoms. The minimum absolute atomic E-state index is 0.410. The molecule has 0 spiro atoms. The molecule has 0 radical (unpaired) electrons. The van der Waals surface area contributed by atoms with Crippen molar-refractivity contribution >= 4 is 11.6 Å². The van der Waals surface area contributed by atoms with Gasteiger partial charge in [0.1, 0.15) is 0 Å². The summed E-state index contributed by atoms with van der Waals surface area (Å²) in [5.74, 6) is 1.05. The molecule has 2 aliphatic rings. The van der Waals surface area contributed by atoms with Crippen LogP contribution in [0.1, 0.15) is 44.9 Å². The van der Waals surface area contributed by atoms with Crippen molar-refractivity contribution in [1.82, 2.24) is 4.90 Å². The largest absolute Gasteiger partial charge is 0.302 e. The van der Waals surface area contributed by atoms with E-state index >= 15 is 0 Å². The second-order valence-corrected chi connectivity index (χ2v) is 5.64. The molecule has 2 saturated carbocycles. The Balaban J connectivity index is 1.73. The van der Waals surface area contributed by atoms with Crippen LogP contribution in [0.5, 0.6) is 0 Å². The molecular weight excluding hydrogens is 194 g/mol. The summed E-state index contributed by atoms with van der Waals surface area (Å²) in [6.07, 6.45) is 9.60. The first-order chi connectivity index (χ1) is 6.77. The molecule has 2 rings (SSSR count). The maximum absolute atomic E-state index is 6.37. The summed E-state index contributed by atoms with van der Waals surface area (Å²) in [4.78, 5) is 2.51. The SMILES string of the molecule is CN(CCC1CC1)C1CCCCC1Cl. The Morgan fingerprint density at radius 3 is 2.50 bits per heavy atom. The van der Waals surface area contributed by atoms with Gasteiger partial charge in [-0.05, 0) is 38.8 Å². The fourth-order valence-corrected chi connectivity index (χ4v) is 2.99. The first-order valence-corrected chi connectivity index (χ1v) is 6.55. The second kappa shape index (κ2) is 4.85. The van der Waals surface area contributed by atoms with Crippen LogP contribution in [0, 0.1) is 5.92 Å². The average molecular weight is 216 g/mol. The quantitative estimate of drug-likeness (QED) is 0.651. The minimum Gasteiger partial charge on any atom is -0.302 e. The molecule has 2 atom stereocenters. The van der Waals surface area contributed by atoms with Crippen LogP contribution in [-0.2, 0) is 0 Å². The smallest absolute Gasteiger partial charge is 0.0491 e. The number of hydrogen-bond donors (Lipinski definition) is 0. The van der Waals surface area contributed by atoms with E-state index in [-0.39, 0.29) is 0 Å². The zero-order valence-electron chi connectivity index (χ0n) is 9.21. The summed E-state index contributed by atoms with van der Waals surface area (Å²) in [6.45, 7) is 1.26. The molecule has 0 aromatic rings. The zero-order chi connectivity index (χ0) is 9.97. The third kappa shape index (κ3) is 2.87. The van der Waals surface area contributed by atoms with Gasteiger partial charge in [-0.15, -0.1) is 11.6 Å². The van der Waals surface area contributed by atoms with Crippen LogP contribution < -0.4 is 0 Å². The predicted octanol–water partition coefficient (Wildman–Crippen LogP) is 3.27. The van der Waals surface area contributed by atoms with Crippen LogP contribution in [0.4, 0.5) is 0 Å². The van der Waals surface area contributed by atoms with Crippen LogP contribution in [-0.4, -0.2) is 29.9 Å². The Morgan fingerprint density at radius 2 is 1.86 bits per heavy atom. The van der Waals surface area contributed by atoms with Crippen LogP contribution in [0.2, 0.25) is 0 Å². The number of halogens is 1. The monoisotopic (exact) mass is 215 g/mol. The molecule has 1 nitrogen and oxygen atoms in total. The third-order valence-electron chi connectivity index (χ3n) is 3.80. The lowest BCUT2D eigenvalue weighted by atomic mass is 9.94. The fraction of sp³-hybridized carbons (Fsp3) is 1.00. The number of hydrogen-bond acceptors (Lipinski definition) is 1. The van der Waals surface area contributed by atoms with Crippen molar-refractivity contribution in [1.29, 1.82) is 0 Å². The van der Waals surface area contributed by atoms with E-state index in [0.717, 1.165) is 5.92 Å². The Morgan fingerprint density at radius 1 is 1.14 bits per heavy atom. The molecule has 0 aromatic heterocycles. The lowest BCUT2D eigenvalue weighted by Crippen LogP contribution is -2.41. The summed E-state index contributed by atoms with van der Waals surface area (Å²) in [6, 6.07) is 0.657. The highest BCUT2D eigenvalue weighted by atomic mass is 35.5. The van der Waals surface area contributed by atoms with Gasteiger partial charge in [0.2, 0.25) is 0 Å². The van der Waals surface area contributed by atoms with Gasteiger partial charge in [-0.2, -0.15) is 0 Å². The van der Waals surface area contributed by atoms with E-state index in [1.54, 1.807) is 0 Å². The highest BCUT2D eigenvalue weighted by Gasteiger charge is 2.28. The van der Waals surface area contributed by atoms with Crippen molar-refractivity contribution in [3.63, 3.8) is 0 Å². The summed E-state index contributed by atoms with van der Waals surface area (Å²) in [5.41, 5.74) is 0. The van der Waals surface area contributed by atoms with Crippen LogP contribution >= 0.6 is 11.6 Å². The van der Waals surface area contributed by atoms with E-state index < -0.39 is 0 Å². The fourth-order valence-electron chi connectivity index (χ4n) is 2.52. The standard InChI is InChI=1S/C12H22ClN/c1-14(9-8-10-6-7-10)12-5-3-2-4-11(12)13/h10-12H,2-9H2,1H3. The molecule has 2 unspecified atom stereocenters. The molecule has 82 valence electrons. The minimum atomic E-state index is 0.410. The molecular formula is C12H22ClN. The molecule has 0 aromatic carbocycles. The van der Waals surface area contributed by atoms with Crippen molar-refractivity contribution in [2.75, 3.05) is 13.6 Å². The predicted molar refractivity (Wildman–Crippen MR) is 61.9 cm³/mol. The van der Waals surface area contributed by atoms with Gasteiger partial charge < -0.3 is 4.90 Å². The van der Waals surface area contributed by atoms with Gasteiger partial charge in [0.05, 0.1) is 0 Å². The highest BCUT2D eigenvalue weighted by Crippen LogP contribution is 2.33. The van der Waals surface area contributed by atoms with Gasteiger partial charge in [0.25, 0.3) is 0 Å². The van der Waals surface area contributed by atoms with Gasteiger partial charge in [-0.3, -0.25) is 0 Å². The highest BCUT2D eigenvalue weighted by molar-refractivity contribution is 6.21. The van der Waals surface area contributed by atoms with E-state index in [1.807, 2.05) is 0 Å². The molecule has 0 N–H and O–H groups in total. The summed E-state index contributed by atoms with van der Waals surface area (Å²) >= 11 is 6.37. The molecule has 0 bridgehead atoms. The summed E-state index contributed by atoms with van der Waals surface area (Å²) < 4.78 is 0. The third-order valence-corrected chi connectivity index (χ3v) is 4.31. The number of alkyl halides is 1. The maximum atomic E-state index is 6.37. The Labute approximate surface area is 92.8 Å². The van der Waals surface area contributed by atoms with Gasteiger partial charge in [-0.1, -0.05) is 25.7 Å². The van der Waals surface area contributed by atoms with Crippen molar-refractivity contribution in [3.05, 3.63) is 0 Å². The molecule has 0 amide bonds. The Bertz CT molecular complexity index is 179. The molecule has 0 saturated heterocycles. The summed E-state index contributed by atoms with van der Waals surface area (Å²) in [7, 11) is 2.26. The van der Waals surface area contributed by atoms with Crippen molar-refractivity contribution in [3.8, 4) is 0 Å².